The lowest BCUT2D eigenvalue weighted by Gasteiger charge is -1.99. The van der Waals surface area contributed by atoms with Crippen LogP contribution in [0.25, 0.3) is 16.3 Å². The number of carbonyl (C=O) groups excluding carboxylic acids is 2. The molecule has 0 radical (unpaired) electrons. The molecule has 0 saturated heterocycles. The van der Waals surface area contributed by atoms with E-state index in [4.69, 9.17) is 4.74 Å². The number of nitrogens with zero attached hydrogens (tertiary/aromatic N) is 4. The second-order valence-corrected chi connectivity index (χ2v) is 7.84. The van der Waals surface area contributed by atoms with Crippen molar-refractivity contribution in [2.24, 2.45) is 0 Å². The Balaban J connectivity index is 1.42. The maximum Gasteiger partial charge on any atom is 0.311 e. The van der Waals surface area contributed by atoms with Crippen molar-refractivity contribution in [1.29, 1.82) is 0 Å². The van der Waals surface area contributed by atoms with Crippen LogP contribution in [0.5, 0.6) is 0 Å². The van der Waals surface area contributed by atoms with Crippen molar-refractivity contribution in [3.8, 4) is 16.3 Å². The smallest absolute Gasteiger partial charge is 0.311 e. The Bertz CT molecular complexity index is 1170. The molecule has 1 N–H and O–H groups in total. The molecule has 152 valence electrons. The fourth-order valence-corrected chi connectivity index (χ4v) is 4.11. The van der Waals surface area contributed by atoms with Crippen molar-refractivity contribution in [2.75, 3.05) is 11.9 Å². The van der Waals surface area contributed by atoms with Gasteiger partial charge >= 0.3 is 5.97 Å². The lowest BCUT2D eigenvalue weighted by atomic mass is 10.3. The third-order valence-electron chi connectivity index (χ3n) is 3.99. The van der Waals surface area contributed by atoms with Crippen LogP contribution in [0.4, 0.5) is 5.13 Å². The molecule has 4 rings (SSSR count). The molecule has 1 aromatic carbocycles. The van der Waals surface area contributed by atoms with Crippen molar-refractivity contribution < 1.29 is 14.3 Å². The Labute approximate surface area is 180 Å². The molecule has 0 aliphatic rings. The zero-order valence-corrected chi connectivity index (χ0v) is 17.6. The van der Waals surface area contributed by atoms with Gasteiger partial charge in [-0.2, -0.15) is 5.10 Å². The number of thiazole rings is 2. The molecule has 8 nitrogen and oxygen atoms in total. The molecule has 4 aromatic rings. The Kier molecular flexibility index (Phi) is 5.96. The molecule has 3 heterocycles. The van der Waals surface area contributed by atoms with Gasteiger partial charge in [-0.25, -0.2) is 14.6 Å². The van der Waals surface area contributed by atoms with E-state index in [2.05, 4.69) is 20.4 Å². The summed E-state index contributed by atoms with van der Waals surface area (Å²) in [6.07, 6.45) is 3.67. The first-order chi connectivity index (χ1) is 14.6. The Hall–Kier alpha value is -3.37. The molecular formula is C20H17N5O3S2. The fourth-order valence-electron chi connectivity index (χ4n) is 2.63. The summed E-state index contributed by atoms with van der Waals surface area (Å²) in [4.78, 5) is 32.7. The van der Waals surface area contributed by atoms with Gasteiger partial charge in [0.15, 0.2) is 5.13 Å². The number of carbonyl (C=O) groups is 2. The molecule has 0 aliphatic carbocycles. The van der Waals surface area contributed by atoms with Gasteiger partial charge in [-0.15, -0.1) is 22.7 Å². The first-order valence-electron chi connectivity index (χ1n) is 9.09. The molecule has 0 fully saturated rings. The predicted octanol–water partition coefficient (Wildman–Crippen LogP) is 3.81. The molecule has 0 bridgehead atoms. The van der Waals surface area contributed by atoms with Crippen LogP contribution in [0, 0.1) is 0 Å². The molecule has 0 atom stereocenters. The lowest BCUT2D eigenvalue weighted by molar-refractivity contribution is -0.142. The average molecular weight is 440 g/mol. The number of hydrogen-bond donors (Lipinski definition) is 1. The highest BCUT2D eigenvalue weighted by Crippen LogP contribution is 2.25. The van der Waals surface area contributed by atoms with Gasteiger partial charge in [-0.1, -0.05) is 18.2 Å². The minimum atomic E-state index is -0.356. The summed E-state index contributed by atoms with van der Waals surface area (Å²) < 4.78 is 6.66. The number of para-hydroxylation sites is 1. The second kappa shape index (κ2) is 8.97. The maximum atomic E-state index is 12.5. The average Bonchev–Trinajstić information content (AvgIpc) is 3.49. The summed E-state index contributed by atoms with van der Waals surface area (Å²) in [5, 5.41) is 11.6. The lowest BCUT2D eigenvalue weighted by Crippen LogP contribution is -2.12. The van der Waals surface area contributed by atoms with E-state index < -0.39 is 0 Å². The number of anilines is 1. The third kappa shape index (κ3) is 4.61. The van der Waals surface area contributed by atoms with Gasteiger partial charge in [0, 0.05) is 22.5 Å². The number of hydrogen-bond acceptors (Lipinski definition) is 8. The zero-order valence-electron chi connectivity index (χ0n) is 15.9. The topological polar surface area (TPSA) is 99.0 Å². The van der Waals surface area contributed by atoms with E-state index in [1.165, 1.54) is 22.7 Å². The van der Waals surface area contributed by atoms with Gasteiger partial charge in [0.25, 0.3) is 5.91 Å². The van der Waals surface area contributed by atoms with Crippen LogP contribution >= 0.6 is 22.7 Å². The molecule has 0 unspecified atom stereocenters. The van der Waals surface area contributed by atoms with Gasteiger partial charge in [-0.05, 0) is 19.1 Å². The number of nitrogens with one attached hydrogen (secondary N) is 1. The molecular weight excluding hydrogens is 422 g/mol. The number of rotatable bonds is 7. The van der Waals surface area contributed by atoms with Crippen molar-refractivity contribution in [3.05, 3.63) is 64.9 Å². The van der Waals surface area contributed by atoms with Crippen molar-refractivity contribution in [1.82, 2.24) is 19.7 Å². The van der Waals surface area contributed by atoms with Crippen LogP contribution in [-0.2, 0) is 16.0 Å². The minimum Gasteiger partial charge on any atom is -0.466 e. The van der Waals surface area contributed by atoms with Crippen LogP contribution < -0.4 is 5.32 Å². The minimum absolute atomic E-state index is 0.0759. The van der Waals surface area contributed by atoms with E-state index in [-0.39, 0.29) is 18.3 Å². The highest BCUT2D eigenvalue weighted by Gasteiger charge is 2.16. The van der Waals surface area contributed by atoms with Gasteiger partial charge in [0.2, 0.25) is 0 Å². The SMILES string of the molecule is CCOC(=O)Cc1csc(NC(=O)c2csc(-c3cnn(-c4ccccc4)c3)n2)n1. The zero-order chi connectivity index (χ0) is 20.9. The van der Waals surface area contributed by atoms with Gasteiger partial charge in [-0.3, -0.25) is 14.9 Å². The standard InChI is InChI=1S/C20H17N5O3S2/c1-2-28-17(26)8-14-11-30-20(22-14)24-18(27)16-12-29-19(23-16)13-9-21-25(10-13)15-6-4-3-5-7-15/h3-7,9-12H,2,8H2,1H3,(H,22,24,27). The summed E-state index contributed by atoms with van der Waals surface area (Å²) in [5.74, 6) is -0.703. The van der Waals surface area contributed by atoms with Crippen LogP contribution in [0.1, 0.15) is 23.1 Å². The number of aromatic nitrogens is 4. The highest BCUT2D eigenvalue weighted by molar-refractivity contribution is 7.14. The third-order valence-corrected chi connectivity index (χ3v) is 5.69. The van der Waals surface area contributed by atoms with Crippen LogP contribution in [0.2, 0.25) is 0 Å². The predicted molar refractivity (Wildman–Crippen MR) is 115 cm³/mol. The largest absolute Gasteiger partial charge is 0.466 e. The van der Waals surface area contributed by atoms with Crippen LogP contribution in [0.3, 0.4) is 0 Å². The van der Waals surface area contributed by atoms with E-state index >= 15 is 0 Å². The van der Waals surface area contributed by atoms with E-state index in [0.29, 0.717) is 28.1 Å². The van der Waals surface area contributed by atoms with E-state index in [0.717, 1.165) is 11.3 Å². The fraction of sp³-hybridized carbons (Fsp3) is 0.150. The van der Waals surface area contributed by atoms with Crippen LogP contribution in [-0.4, -0.2) is 38.2 Å². The number of benzene rings is 1. The summed E-state index contributed by atoms with van der Waals surface area (Å²) in [7, 11) is 0. The molecule has 0 spiro atoms. The number of amides is 1. The highest BCUT2D eigenvalue weighted by atomic mass is 32.1. The van der Waals surface area contributed by atoms with E-state index in [1.807, 2.05) is 36.5 Å². The van der Waals surface area contributed by atoms with Crippen LogP contribution in [0.15, 0.2) is 53.5 Å². The summed E-state index contributed by atoms with van der Waals surface area (Å²) >= 11 is 2.61. The molecule has 10 heteroatoms. The molecule has 0 saturated carbocycles. The van der Waals surface area contributed by atoms with Crippen molar-refractivity contribution >= 4 is 39.7 Å². The second-order valence-electron chi connectivity index (χ2n) is 6.13. The molecule has 1 amide bonds. The number of esters is 1. The van der Waals surface area contributed by atoms with Crippen molar-refractivity contribution in [3.63, 3.8) is 0 Å². The molecule has 30 heavy (non-hydrogen) atoms. The normalized spacial score (nSPS) is 10.7. The molecule has 3 aromatic heterocycles. The summed E-state index contributed by atoms with van der Waals surface area (Å²) in [6, 6.07) is 9.75. The Morgan fingerprint density at radius 3 is 2.77 bits per heavy atom. The Morgan fingerprint density at radius 1 is 1.13 bits per heavy atom. The monoisotopic (exact) mass is 439 g/mol. The van der Waals surface area contributed by atoms with Gasteiger partial charge < -0.3 is 4.74 Å². The van der Waals surface area contributed by atoms with Gasteiger partial charge in [0.05, 0.1) is 30.6 Å². The first-order valence-corrected chi connectivity index (χ1v) is 10.9. The number of ether oxygens (including phenoxy) is 1. The summed E-state index contributed by atoms with van der Waals surface area (Å²) in [6.45, 7) is 2.07. The van der Waals surface area contributed by atoms with Crippen molar-refractivity contribution in [2.45, 2.75) is 13.3 Å². The maximum absolute atomic E-state index is 12.5. The van der Waals surface area contributed by atoms with E-state index in [1.54, 1.807) is 28.6 Å². The Morgan fingerprint density at radius 2 is 1.97 bits per heavy atom. The molecule has 0 aliphatic heterocycles. The van der Waals surface area contributed by atoms with Gasteiger partial charge in [0.1, 0.15) is 10.7 Å². The van der Waals surface area contributed by atoms with E-state index in [9.17, 15) is 9.59 Å². The first kappa shape index (κ1) is 19.9. The summed E-state index contributed by atoms with van der Waals surface area (Å²) in [5.41, 5.74) is 2.63. The quantitative estimate of drug-likeness (QED) is 0.440.